The summed E-state index contributed by atoms with van der Waals surface area (Å²) in [5, 5.41) is -9.63. The largest absolute Gasteiger partial charge is 0.510 e. The maximum Gasteiger partial charge on any atom is 0.268 e. The molecule has 17 rings (SSSR count). The van der Waals surface area contributed by atoms with E-state index in [2.05, 4.69) is 18.5 Å². The second-order valence-corrected chi connectivity index (χ2v) is 30.8. The molecule has 0 spiro atoms. The first-order valence-electron chi connectivity index (χ1n) is 53.0. The molecule has 0 saturated heterocycles. The van der Waals surface area contributed by atoms with Crippen LogP contribution in [0.15, 0.2) is 369 Å². The van der Waals surface area contributed by atoms with Gasteiger partial charge in [0.1, 0.15) is 5.82 Å². The Morgan fingerprint density at radius 3 is 1.50 bits per heavy atom. The minimum atomic E-state index is -7.26. The number of imidazole rings is 1. The van der Waals surface area contributed by atoms with Crippen molar-refractivity contribution >= 4 is 90.5 Å². The fourth-order valence-corrected chi connectivity index (χ4v) is 20.2. The van der Waals surface area contributed by atoms with E-state index in [1.54, 1.807) is 18.3 Å². The van der Waals surface area contributed by atoms with E-state index >= 15 is 0 Å². The number of aromatic nitrogens is 4. The first-order valence-corrected chi connectivity index (χ1v) is 35.0. The van der Waals surface area contributed by atoms with Gasteiger partial charge in [0.05, 0.1) is 77.0 Å². The van der Waals surface area contributed by atoms with Gasteiger partial charge in [-0.1, -0.05) is 329 Å². The molecule has 0 aliphatic heterocycles. The van der Waals surface area contributed by atoms with Crippen LogP contribution in [0.3, 0.4) is 0 Å². The zero-order valence-electron chi connectivity index (χ0n) is 97.3. The second kappa shape index (κ2) is 27.5. The molecule has 0 N–H and O–H groups in total. The molecule has 0 saturated carbocycles. The van der Waals surface area contributed by atoms with Crippen LogP contribution in [0.25, 0.3) is 83.4 Å². The molecule has 3 heterocycles. The van der Waals surface area contributed by atoms with Gasteiger partial charge in [-0.3, -0.25) is 4.57 Å². The van der Waals surface area contributed by atoms with Crippen molar-refractivity contribution in [2.45, 2.75) is 26.2 Å². The Bertz CT molecular complexity index is 8110. The number of rotatable bonds is 16. The van der Waals surface area contributed by atoms with Crippen molar-refractivity contribution in [1.82, 2.24) is 14.1 Å². The summed E-state index contributed by atoms with van der Waals surface area (Å²) in [6.45, 7) is 6.07. The molecule has 102 heavy (non-hydrogen) atoms. The van der Waals surface area contributed by atoms with Crippen LogP contribution in [0, 0.1) is 18.5 Å². The van der Waals surface area contributed by atoms with E-state index in [9.17, 15) is 50.7 Å². The third kappa shape index (κ3) is 11.6. The van der Waals surface area contributed by atoms with E-state index in [1.807, 2.05) is 61.7 Å². The van der Waals surface area contributed by atoms with Gasteiger partial charge >= 0.3 is 0 Å². The number of hydrogen-bond acceptors (Lipinski definition) is 2. The summed E-state index contributed by atoms with van der Waals surface area (Å²) in [5.74, 6) is 0.273. The Kier molecular flexibility index (Phi) is 8.73. The molecule has 0 atom stereocenters. The zero-order chi connectivity index (χ0) is 106. The smallest absolute Gasteiger partial charge is 0.268 e. The van der Waals surface area contributed by atoms with Crippen LogP contribution in [-0.4, -0.2) is 30.3 Å². The van der Waals surface area contributed by atoms with Crippen molar-refractivity contribution in [3.63, 3.8) is 0 Å². The van der Waals surface area contributed by atoms with Crippen molar-refractivity contribution in [1.29, 1.82) is 0 Å². The van der Waals surface area contributed by atoms with Crippen LogP contribution in [0.2, 0.25) is 0 Å². The van der Waals surface area contributed by atoms with Crippen LogP contribution in [-0.2, 0) is 26.5 Å². The number of fused-ring (bicyclic) bond motifs is 4. The summed E-state index contributed by atoms with van der Waals surface area (Å²) >= 11 is 0. The van der Waals surface area contributed by atoms with Gasteiger partial charge in [-0.05, 0) is 127 Å². The minimum absolute atomic E-state index is 0. The summed E-state index contributed by atoms with van der Waals surface area (Å²) in [6.07, 6.45) is 4.82. The molecule has 17 aromatic rings. The topological polar surface area (TPSA) is 35.9 Å². The number of pyridine rings is 1. The van der Waals surface area contributed by atoms with Crippen LogP contribution in [0.4, 0.5) is 0 Å². The molecule has 0 bridgehead atoms. The van der Waals surface area contributed by atoms with Gasteiger partial charge in [0, 0.05) is 44.3 Å². The van der Waals surface area contributed by atoms with Crippen LogP contribution < -0.4 is 50.8 Å². The van der Waals surface area contributed by atoms with Crippen molar-refractivity contribution in [2.75, 3.05) is 0 Å². The van der Waals surface area contributed by atoms with Crippen LogP contribution in [0.1, 0.15) is 86.6 Å². The number of nitrogens with zero attached hydrogens (tertiary/aromatic N) is 4. The molecule has 3 aromatic heterocycles. The molecule has 492 valence electrons. The molecule has 0 amide bonds. The Balaban J connectivity index is 0.0000152. The molecular weight excluding hydrogens is 1450 g/mol. The standard InChI is InChI=1S/C94H70N4OSi2.Pt/c1-94(2,3)73-58-59-95-92(64-73)98-87-53-29-28-52-84(87)85-56-55-76(66-89(85)98)99-75-38-31-37-74(65-75)96-67-97(88-57-54-70(62-90(88)96)68-32-12-4-13-33-68)93-86(71-36-30-51-83(60-71)100(77-39-16-6-17-40-77,78-41-18-7-19-42-78)79-43-20-8-21-44-79)61-72(69-34-14-5-15-35-69)63-91(93)101(80-45-22-9-23-46-80,81-47-24-10-25-48-81)82-49-26-11-27-50-82;/h4-64H,1-3H3;/q-2;/i4D,5D,6D,7D,8D,9D,10D,11D,12D,13D,14D,15D,16D,17D,18D,19D,20D,21D,22D,23D,24D,25D,26D,27D,30D,32D,33D,34D,35D,36D,39D,40D,41D,42D,43D,44D,45D,46D,47D,48D,49D,50D,51D,60D;. The fourth-order valence-electron chi connectivity index (χ4n) is 12.6. The van der Waals surface area contributed by atoms with Crippen molar-refractivity contribution in [2.24, 2.45) is 0 Å². The summed E-state index contributed by atoms with van der Waals surface area (Å²) in [6, 6.07) is -29.4. The average molecular weight is 1570 g/mol. The van der Waals surface area contributed by atoms with E-state index in [4.69, 9.17) is 19.3 Å². The number of benzene rings is 14. The van der Waals surface area contributed by atoms with Gasteiger partial charge in [-0.15, -0.1) is 29.7 Å². The first-order chi connectivity index (χ1) is 67.9. The maximum absolute atomic E-state index is 11.7. The van der Waals surface area contributed by atoms with Gasteiger partial charge in [0.2, 0.25) is 0 Å². The Hall–Kier alpha value is -11.6. The molecule has 14 aromatic carbocycles. The molecule has 5 nitrogen and oxygen atoms in total. The molecule has 0 radical (unpaired) electrons. The summed E-state index contributed by atoms with van der Waals surface area (Å²) in [5.41, 5.74) is -6.26. The van der Waals surface area contributed by atoms with E-state index in [-0.39, 0.29) is 49.2 Å². The summed E-state index contributed by atoms with van der Waals surface area (Å²) in [4.78, 5) is 4.80. The van der Waals surface area contributed by atoms with E-state index < -0.39 is 368 Å². The molecule has 0 fully saturated rings. The normalized spacial score (nSPS) is 17.8. The van der Waals surface area contributed by atoms with Gasteiger partial charge in [0.15, 0.2) is 16.1 Å². The fraction of sp³-hybridized carbons (Fsp3) is 0.0426. The summed E-state index contributed by atoms with van der Waals surface area (Å²) in [7, 11) is -14.4. The third-order valence-corrected chi connectivity index (χ3v) is 25.3. The molecule has 0 aliphatic rings. The van der Waals surface area contributed by atoms with Crippen molar-refractivity contribution < 1.29 is 90.7 Å². The van der Waals surface area contributed by atoms with Gasteiger partial charge in [-0.2, -0.15) is 18.2 Å². The zero-order valence-corrected chi connectivity index (χ0v) is 57.6. The van der Waals surface area contributed by atoms with E-state index in [1.165, 1.54) is 24.3 Å². The third-order valence-electron chi connectivity index (χ3n) is 17.1. The minimum Gasteiger partial charge on any atom is -0.510 e. The second-order valence-electron chi connectivity index (χ2n) is 23.7. The SMILES string of the molecule is [2H]c1c([2H])c([2H])c(-c2cc(-c3c([2H])c([2H])c([2H])c([Si](c4c([2H])c([2H])c([2H])c([2H])c4[2H])(c4c([2H])c([2H])c([2H])c([2H])c4[2H])c4c([2H])c([2H])c([2H])c([2H])c4[2H])c3[2H])c(-[n+]3[c-]n(-c4[c-]c(Oc5[c-]c6c(cc5)c5ccccc5n6-c5cc(C(C)(C)C)ccn5)ccc4)c4cc(-c5c([2H])c([2H])c([2H])c([2H])c5[2H])ccc43)c([Si](c3c([2H])c([2H])c([2H])c([2H])c3[2H])(c3c([2H])c([2H])c([2H])c([2H])c3[2H])c3c([2H])c([2H])c([2H])c([2H])c3[2H])c2)c([2H])c1[2H].[Pt]. The van der Waals surface area contributed by atoms with E-state index in [0.717, 1.165) is 44.3 Å². The van der Waals surface area contributed by atoms with E-state index in [0.29, 0.717) is 22.2 Å². The maximum atomic E-state index is 11.7. The van der Waals surface area contributed by atoms with Crippen LogP contribution >= 0.6 is 0 Å². The van der Waals surface area contributed by atoms with Crippen molar-refractivity contribution in [3.05, 3.63) is 393 Å². The monoisotopic (exact) mass is 1570 g/mol. The Morgan fingerprint density at radius 2 is 0.931 bits per heavy atom. The molecule has 0 unspecified atom stereocenters. The first kappa shape index (κ1) is 32.4. The number of para-hydroxylation sites is 1. The van der Waals surface area contributed by atoms with Gasteiger partial charge in [0.25, 0.3) is 6.33 Å². The summed E-state index contributed by atoms with van der Waals surface area (Å²) < 4.78 is 443. The van der Waals surface area contributed by atoms with Crippen molar-refractivity contribution in [3.8, 4) is 62.1 Å². The Morgan fingerprint density at radius 1 is 0.422 bits per heavy atom. The molecule has 0 aliphatic carbocycles. The average Bonchev–Trinajstić information content (AvgIpc) is 0.731. The quantitative estimate of drug-likeness (QED) is 0.0418. The number of hydrogen-bond donors (Lipinski definition) is 0. The van der Waals surface area contributed by atoms with Gasteiger partial charge in [-0.25, -0.2) is 4.98 Å². The molecule has 8 heteroatoms. The number of ether oxygens (including phenoxy) is 1. The molecular formula is C94H70N4OPtSi2-2. The predicted octanol–water partition coefficient (Wildman–Crippen LogP) is 16.6. The van der Waals surface area contributed by atoms with Crippen LogP contribution in [0.5, 0.6) is 11.5 Å². The Labute approximate surface area is 674 Å². The van der Waals surface area contributed by atoms with Gasteiger partial charge < -0.3 is 13.9 Å². The predicted molar refractivity (Wildman–Crippen MR) is 422 cm³/mol.